The molecule has 1 aromatic carbocycles. The topological polar surface area (TPSA) is 65.3 Å². The highest BCUT2D eigenvalue weighted by atomic mass is 16.6. The first-order chi connectivity index (χ1) is 9.63. The first-order valence-electron chi connectivity index (χ1n) is 6.39. The third kappa shape index (κ3) is 4.35. The van der Waals surface area contributed by atoms with Gasteiger partial charge in [0.15, 0.2) is 0 Å². The minimum atomic E-state index is -0.305. The summed E-state index contributed by atoms with van der Waals surface area (Å²) in [5, 5.41) is 10.3. The molecule has 0 saturated carbocycles. The average Bonchev–Trinajstić information content (AvgIpc) is 2.44. The van der Waals surface area contributed by atoms with Gasteiger partial charge in [0.05, 0.1) is 0 Å². The summed E-state index contributed by atoms with van der Waals surface area (Å²) in [7, 11) is 0. The summed E-state index contributed by atoms with van der Waals surface area (Å²) in [5.74, 6) is 0.599. The Morgan fingerprint density at radius 2 is 1.85 bits per heavy atom. The molecule has 20 heavy (non-hydrogen) atoms. The number of ether oxygens (including phenoxy) is 1. The Morgan fingerprint density at radius 3 is 2.50 bits per heavy atom. The molecule has 0 spiro atoms. The van der Waals surface area contributed by atoms with E-state index in [1.54, 1.807) is 0 Å². The monoisotopic (exact) mass is 272 g/mol. The van der Waals surface area contributed by atoms with E-state index in [0.29, 0.717) is 18.9 Å². The molecule has 0 amide bonds. The lowest BCUT2D eigenvalue weighted by molar-refractivity contribution is -0.479. The summed E-state index contributed by atoms with van der Waals surface area (Å²) < 4.78 is 5.59. The van der Waals surface area contributed by atoms with Gasteiger partial charge in [0.2, 0.25) is 12.4 Å². The van der Waals surface area contributed by atoms with Crippen LogP contribution in [0.5, 0.6) is 5.88 Å². The Morgan fingerprint density at radius 1 is 1.15 bits per heavy atom. The molecule has 2 aromatic rings. The molecule has 0 radical (unpaired) electrons. The second kappa shape index (κ2) is 6.65. The fourth-order valence-electron chi connectivity index (χ4n) is 1.78. The highest BCUT2D eigenvalue weighted by Crippen LogP contribution is 2.11. The van der Waals surface area contributed by atoms with Crippen LogP contribution in [0.25, 0.3) is 0 Å². The highest BCUT2D eigenvalue weighted by molar-refractivity contribution is 5.23. The summed E-state index contributed by atoms with van der Waals surface area (Å²) in [5.41, 5.74) is 2.88. The molecule has 104 valence electrons. The molecule has 0 aliphatic rings. The van der Waals surface area contributed by atoms with Crippen molar-refractivity contribution >= 4 is 0 Å². The van der Waals surface area contributed by atoms with E-state index in [0.717, 1.165) is 16.8 Å². The molecule has 1 aromatic heterocycles. The van der Waals surface area contributed by atoms with Gasteiger partial charge >= 0.3 is 0 Å². The predicted octanol–water partition coefficient (Wildman–Crippen LogP) is 2.79. The Balaban J connectivity index is 1.89. The number of nitro groups is 1. The van der Waals surface area contributed by atoms with Gasteiger partial charge in [-0.25, -0.2) is 4.98 Å². The van der Waals surface area contributed by atoms with E-state index in [-0.39, 0.29) is 11.5 Å². The Hall–Kier alpha value is -2.43. The summed E-state index contributed by atoms with van der Waals surface area (Å²) >= 11 is 0. The van der Waals surface area contributed by atoms with Crippen LogP contribution in [-0.2, 0) is 13.0 Å². The number of hydrogen-bond acceptors (Lipinski definition) is 4. The molecule has 1 heterocycles. The number of hydrogen-bond donors (Lipinski definition) is 0. The van der Waals surface area contributed by atoms with Gasteiger partial charge in [-0.2, -0.15) is 0 Å². The van der Waals surface area contributed by atoms with Gasteiger partial charge in [-0.3, -0.25) is 10.1 Å². The maximum absolute atomic E-state index is 10.3. The van der Waals surface area contributed by atoms with Crippen molar-refractivity contribution in [3.8, 4) is 5.88 Å². The fraction of sp³-hybridized carbons (Fsp3) is 0.267. The lowest BCUT2D eigenvalue weighted by Gasteiger charge is -2.06. The third-order valence-electron chi connectivity index (χ3n) is 2.86. The van der Waals surface area contributed by atoms with E-state index in [2.05, 4.69) is 4.98 Å². The zero-order valence-corrected chi connectivity index (χ0v) is 11.3. The van der Waals surface area contributed by atoms with Gasteiger partial charge < -0.3 is 4.74 Å². The van der Waals surface area contributed by atoms with E-state index < -0.39 is 0 Å². The first-order valence-corrected chi connectivity index (χ1v) is 6.39. The van der Waals surface area contributed by atoms with Crippen molar-refractivity contribution in [3.63, 3.8) is 0 Å². The lowest BCUT2D eigenvalue weighted by atomic mass is 10.1. The summed E-state index contributed by atoms with van der Waals surface area (Å²) in [6, 6.07) is 13.3. The zero-order valence-electron chi connectivity index (χ0n) is 11.3. The van der Waals surface area contributed by atoms with Crippen molar-refractivity contribution < 1.29 is 9.66 Å². The Bertz CT molecular complexity index is 582. The fourth-order valence-corrected chi connectivity index (χ4v) is 1.78. The van der Waals surface area contributed by atoms with Crippen molar-refractivity contribution in [2.24, 2.45) is 0 Å². The van der Waals surface area contributed by atoms with Crippen LogP contribution in [0.1, 0.15) is 16.8 Å². The van der Waals surface area contributed by atoms with Crippen LogP contribution in [0.4, 0.5) is 0 Å². The molecule has 0 aliphatic heterocycles. The summed E-state index contributed by atoms with van der Waals surface area (Å²) in [6.07, 6.45) is 0.452. The lowest BCUT2D eigenvalue weighted by Crippen LogP contribution is -2.04. The van der Waals surface area contributed by atoms with Crippen LogP contribution in [0.3, 0.4) is 0 Å². The molecule has 0 saturated heterocycles. The first kappa shape index (κ1) is 14.0. The number of nitrogens with zero attached hydrogens (tertiary/aromatic N) is 2. The van der Waals surface area contributed by atoms with Crippen molar-refractivity contribution in [2.45, 2.75) is 20.0 Å². The Kier molecular flexibility index (Phi) is 4.65. The van der Waals surface area contributed by atoms with Gasteiger partial charge in [-0.1, -0.05) is 30.3 Å². The van der Waals surface area contributed by atoms with Gasteiger partial charge in [0.25, 0.3) is 0 Å². The number of aryl methyl sites for hydroxylation is 1. The number of rotatable bonds is 6. The van der Waals surface area contributed by atoms with E-state index >= 15 is 0 Å². The van der Waals surface area contributed by atoms with E-state index in [4.69, 9.17) is 4.74 Å². The van der Waals surface area contributed by atoms with Crippen molar-refractivity contribution in [1.29, 1.82) is 0 Å². The quantitative estimate of drug-likeness (QED) is 0.599. The third-order valence-corrected chi connectivity index (χ3v) is 2.86. The van der Waals surface area contributed by atoms with Crippen LogP contribution in [-0.4, -0.2) is 16.5 Å². The SMILES string of the molecule is Cc1cccc(OCc2ccc(CC[N+](=O)[O-])cc2)n1. The van der Waals surface area contributed by atoms with Crippen molar-refractivity contribution in [2.75, 3.05) is 6.54 Å². The van der Waals surface area contributed by atoms with Crippen LogP contribution < -0.4 is 4.74 Å². The van der Waals surface area contributed by atoms with Gasteiger partial charge in [-0.05, 0) is 24.1 Å². The zero-order chi connectivity index (χ0) is 14.4. The van der Waals surface area contributed by atoms with Gasteiger partial charge in [-0.15, -0.1) is 0 Å². The van der Waals surface area contributed by atoms with Crippen LogP contribution in [0.15, 0.2) is 42.5 Å². The summed E-state index contributed by atoms with van der Waals surface area (Å²) in [4.78, 5) is 14.3. The van der Waals surface area contributed by atoms with Crippen LogP contribution in [0.2, 0.25) is 0 Å². The maximum Gasteiger partial charge on any atom is 0.213 e. The molecule has 0 bridgehead atoms. The smallest absolute Gasteiger partial charge is 0.213 e. The number of aromatic nitrogens is 1. The molecule has 0 atom stereocenters. The normalized spacial score (nSPS) is 10.2. The number of pyridine rings is 1. The van der Waals surface area contributed by atoms with Crippen LogP contribution in [0, 0.1) is 17.0 Å². The highest BCUT2D eigenvalue weighted by Gasteiger charge is 2.01. The second-order valence-corrected chi connectivity index (χ2v) is 4.53. The number of benzene rings is 1. The minimum absolute atomic E-state index is 0.0386. The van der Waals surface area contributed by atoms with Crippen LogP contribution >= 0.6 is 0 Å². The average molecular weight is 272 g/mol. The Labute approximate surface area is 117 Å². The molecule has 0 fully saturated rings. The summed E-state index contributed by atoms with van der Waals surface area (Å²) in [6.45, 7) is 2.31. The molecular formula is C15H16N2O3. The van der Waals surface area contributed by atoms with E-state index in [1.165, 1.54) is 0 Å². The predicted molar refractivity (Wildman–Crippen MR) is 75.3 cm³/mol. The largest absolute Gasteiger partial charge is 0.473 e. The molecule has 0 N–H and O–H groups in total. The van der Waals surface area contributed by atoms with Gasteiger partial charge in [0, 0.05) is 23.1 Å². The molecule has 2 rings (SSSR count). The standard InChI is InChI=1S/C15H16N2O3/c1-12-3-2-4-15(16-12)20-11-14-7-5-13(6-8-14)9-10-17(18)19/h2-8H,9-11H2,1H3. The van der Waals surface area contributed by atoms with Gasteiger partial charge in [0.1, 0.15) is 6.61 Å². The molecule has 0 unspecified atom stereocenters. The second-order valence-electron chi connectivity index (χ2n) is 4.53. The van der Waals surface area contributed by atoms with Crippen molar-refractivity contribution in [3.05, 3.63) is 69.4 Å². The molecule has 5 heteroatoms. The van der Waals surface area contributed by atoms with Crippen molar-refractivity contribution in [1.82, 2.24) is 4.98 Å². The maximum atomic E-state index is 10.3. The minimum Gasteiger partial charge on any atom is -0.473 e. The van der Waals surface area contributed by atoms with E-state index in [9.17, 15) is 10.1 Å². The molecule has 0 aliphatic carbocycles. The van der Waals surface area contributed by atoms with E-state index in [1.807, 2.05) is 49.4 Å². The molecular weight excluding hydrogens is 256 g/mol. The molecule has 5 nitrogen and oxygen atoms in total.